The summed E-state index contributed by atoms with van der Waals surface area (Å²) in [5.41, 5.74) is 0. The van der Waals surface area contributed by atoms with Gasteiger partial charge in [-0.1, -0.05) is 22.3 Å². The Balaban J connectivity index is -0.0000000267. The molecule has 0 atom stereocenters. The van der Waals surface area contributed by atoms with Crippen molar-refractivity contribution in [1.29, 1.82) is 0 Å². The Morgan fingerprint density at radius 3 is 1.12 bits per heavy atom. The highest BCUT2D eigenvalue weighted by molar-refractivity contribution is 6.48. The molecule has 1 nitrogen and oxygen atoms in total. The summed E-state index contributed by atoms with van der Waals surface area (Å²) >= 11 is 0. The Labute approximate surface area is 56.8 Å². The third-order valence-electron chi connectivity index (χ3n) is 0.471. The van der Waals surface area contributed by atoms with Crippen molar-refractivity contribution in [3.8, 4) is 0 Å². The first-order valence-corrected chi connectivity index (χ1v) is 4.58. The Morgan fingerprint density at radius 1 is 1.00 bits per heavy atom. The molecule has 0 fully saturated rings. The molecule has 0 rings (SSSR count). The van der Waals surface area contributed by atoms with Crippen molar-refractivity contribution in [3.05, 3.63) is 0 Å². The van der Waals surface area contributed by atoms with Crippen molar-refractivity contribution in [2.75, 3.05) is 7.11 Å². The molecule has 56 valence electrons. The Kier molecular flexibility index (Phi) is 47.4. The van der Waals surface area contributed by atoms with Gasteiger partial charge in [0.25, 0.3) is 0 Å². The lowest BCUT2D eigenvalue weighted by Gasteiger charge is -1.92. The molecule has 0 spiro atoms. The van der Waals surface area contributed by atoms with Crippen molar-refractivity contribution in [1.82, 2.24) is 0 Å². The zero-order valence-electron chi connectivity index (χ0n) is 3.99. The lowest BCUT2D eigenvalue weighted by atomic mass is 11.8. The molecular weight excluding hydrogens is 116 g/mol. The fourth-order valence-electron chi connectivity index (χ4n) is 0. The second kappa shape index (κ2) is 15.7. The van der Waals surface area contributed by atoms with Crippen LogP contribution in [0, 0.1) is 0 Å². The molecule has 0 aromatic rings. The van der Waals surface area contributed by atoms with Gasteiger partial charge in [0.1, 0.15) is 0 Å². The van der Waals surface area contributed by atoms with Crippen LogP contribution < -0.4 is 0 Å². The highest BCUT2D eigenvalue weighted by Gasteiger charge is 1.83. The summed E-state index contributed by atoms with van der Waals surface area (Å²) in [6, 6.07) is 0. The van der Waals surface area contributed by atoms with E-state index in [0.29, 0.717) is 0 Å². The monoisotopic (exact) mass is 138 g/mol. The Bertz CT molecular complexity index is 22.5. The van der Waals surface area contributed by atoms with Gasteiger partial charge < -0.3 is 4.43 Å². The molecule has 0 heterocycles. The van der Waals surface area contributed by atoms with E-state index >= 15 is 0 Å². The van der Waals surface area contributed by atoms with Crippen LogP contribution in [0.5, 0.6) is 0 Å². The predicted octanol–water partition coefficient (Wildman–Crippen LogP) is 2.52. The third kappa shape index (κ3) is 34.9. The summed E-state index contributed by atoms with van der Waals surface area (Å²) in [6.07, 6.45) is 0. The smallest absolute Gasteiger partial charge is 0.170 e. The van der Waals surface area contributed by atoms with E-state index in [1.165, 1.54) is 0 Å². The second-order valence-corrected chi connectivity index (χ2v) is 3.85. The van der Waals surface area contributed by atoms with E-state index in [1.807, 2.05) is 0 Å². The van der Waals surface area contributed by atoms with Crippen LogP contribution in [-0.4, -0.2) is 16.2 Å². The van der Waals surface area contributed by atoms with Crippen molar-refractivity contribution in [2.45, 2.75) is 35.4 Å². The van der Waals surface area contributed by atoms with Gasteiger partial charge >= 0.3 is 0 Å². The van der Waals surface area contributed by atoms with Gasteiger partial charge in [-0.05, 0) is 13.1 Å². The van der Waals surface area contributed by atoms with Crippen LogP contribution in [0.2, 0.25) is 13.1 Å². The highest BCUT2D eigenvalue weighted by atomic mass is 28.3. The summed E-state index contributed by atoms with van der Waals surface area (Å²) in [4.78, 5) is 0. The minimum Gasteiger partial charge on any atom is -0.424 e. The molecule has 8 heavy (non-hydrogen) atoms. The van der Waals surface area contributed by atoms with Crippen LogP contribution in [-0.2, 0) is 4.43 Å². The van der Waals surface area contributed by atoms with Crippen LogP contribution in [0.1, 0.15) is 22.3 Å². The molecule has 0 aromatic carbocycles. The molecule has 0 aliphatic heterocycles. The largest absolute Gasteiger partial charge is 0.424 e. The molecule has 0 unspecified atom stereocenters. The molecule has 0 saturated heterocycles. The summed E-state index contributed by atoms with van der Waals surface area (Å²) in [6.45, 7) is 4.28. The van der Waals surface area contributed by atoms with Gasteiger partial charge in [0, 0.05) is 7.11 Å². The minimum atomic E-state index is -0.650. The summed E-state index contributed by atoms with van der Waals surface area (Å²) < 4.78 is 4.89. The van der Waals surface area contributed by atoms with E-state index in [1.54, 1.807) is 7.11 Å². The average Bonchev–Trinajstić information content (AvgIpc) is 1.38. The second-order valence-electron chi connectivity index (χ2n) is 1.28. The first kappa shape index (κ1) is 24.1. The van der Waals surface area contributed by atoms with Crippen molar-refractivity contribution < 1.29 is 4.43 Å². The van der Waals surface area contributed by atoms with E-state index in [0.717, 1.165) is 0 Å². The number of hydrogen-bond donors (Lipinski definition) is 0. The maximum Gasteiger partial charge on any atom is 0.170 e. The van der Waals surface area contributed by atoms with Crippen LogP contribution in [0.25, 0.3) is 0 Å². The standard InChI is InChI=1S/C3H10OSi.3CH4/c1-4-5(2)3;;;/h5H,1-3H3;3*1H4. The van der Waals surface area contributed by atoms with E-state index in [-0.39, 0.29) is 22.3 Å². The minimum absolute atomic E-state index is 0. The van der Waals surface area contributed by atoms with Gasteiger partial charge in [-0.15, -0.1) is 0 Å². The molecule has 0 radical (unpaired) electrons. The van der Waals surface area contributed by atoms with E-state index in [4.69, 9.17) is 4.43 Å². The maximum atomic E-state index is 4.89. The van der Waals surface area contributed by atoms with Gasteiger partial charge in [0.15, 0.2) is 9.04 Å². The van der Waals surface area contributed by atoms with Crippen LogP contribution in [0.3, 0.4) is 0 Å². The lowest BCUT2D eigenvalue weighted by molar-refractivity contribution is 0.430. The quantitative estimate of drug-likeness (QED) is 0.506. The fraction of sp³-hybridized carbons (Fsp3) is 1.00. The molecule has 0 saturated carbocycles. The topological polar surface area (TPSA) is 9.23 Å². The van der Waals surface area contributed by atoms with Gasteiger partial charge in [0.05, 0.1) is 0 Å². The molecule has 0 aliphatic rings. The van der Waals surface area contributed by atoms with Gasteiger partial charge in [-0.2, -0.15) is 0 Å². The lowest BCUT2D eigenvalue weighted by Crippen LogP contribution is -2.00. The zero-order chi connectivity index (χ0) is 4.28. The fourth-order valence-corrected chi connectivity index (χ4v) is 0. The normalized spacial score (nSPS) is 6.00. The first-order valence-electron chi connectivity index (χ1n) is 1.80. The van der Waals surface area contributed by atoms with Crippen molar-refractivity contribution in [3.63, 3.8) is 0 Å². The van der Waals surface area contributed by atoms with Gasteiger partial charge in [-0.25, -0.2) is 0 Å². The van der Waals surface area contributed by atoms with Crippen LogP contribution >= 0.6 is 0 Å². The average molecular weight is 138 g/mol. The van der Waals surface area contributed by atoms with Crippen molar-refractivity contribution in [2.24, 2.45) is 0 Å². The summed E-state index contributed by atoms with van der Waals surface area (Å²) in [7, 11) is 1.11. The Hall–Kier alpha value is 0.177. The molecular formula is C6H22OSi. The van der Waals surface area contributed by atoms with Gasteiger partial charge in [-0.3, -0.25) is 0 Å². The molecule has 0 N–H and O–H groups in total. The molecule has 0 aliphatic carbocycles. The Morgan fingerprint density at radius 2 is 1.12 bits per heavy atom. The third-order valence-corrected chi connectivity index (χ3v) is 1.41. The zero-order valence-corrected chi connectivity index (χ0v) is 5.14. The highest BCUT2D eigenvalue weighted by Crippen LogP contribution is 1.73. The molecule has 0 amide bonds. The van der Waals surface area contributed by atoms with Crippen molar-refractivity contribution >= 4 is 9.04 Å². The molecule has 0 aromatic heterocycles. The van der Waals surface area contributed by atoms with Crippen LogP contribution in [0.15, 0.2) is 0 Å². The number of hydrogen-bond acceptors (Lipinski definition) is 1. The maximum absolute atomic E-state index is 4.89. The predicted molar refractivity (Wildman–Crippen MR) is 46.1 cm³/mol. The number of rotatable bonds is 1. The van der Waals surface area contributed by atoms with E-state index in [9.17, 15) is 0 Å². The summed E-state index contributed by atoms with van der Waals surface area (Å²) in [5.74, 6) is 0. The van der Waals surface area contributed by atoms with Gasteiger partial charge in [0.2, 0.25) is 0 Å². The summed E-state index contributed by atoms with van der Waals surface area (Å²) in [5, 5.41) is 0. The molecule has 0 bridgehead atoms. The SMILES string of the molecule is C.C.C.CO[SiH](C)C. The van der Waals surface area contributed by atoms with E-state index in [2.05, 4.69) is 13.1 Å². The first-order chi connectivity index (χ1) is 2.27. The van der Waals surface area contributed by atoms with Crippen LogP contribution in [0.4, 0.5) is 0 Å². The van der Waals surface area contributed by atoms with E-state index < -0.39 is 9.04 Å². The molecule has 2 heteroatoms.